The fourth-order valence-corrected chi connectivity index (χ4v) is 1.64. The Morgan fingerprint density at radius 3 is 2.82 bits per heavy atom. The molecule has 0 aromatic rings. The predicted octanol–water partition coefficient (Wildman–Crippen LogP) is -0.319. The van der Waals surface area contributed by atoms with Gasteiger partial charge in [0.15, 0.2) is 0 Å². The molecule has 1 saturated heterocycles. The van der Waals surface area contributed by atoms with Crippen molar-refractivity contribution in [1.82, 2.24) is 4.90 Å². The highest BCUT2D eigenvalue weighted by atomic mass is 16.3. The Hall–Kier alpha value is -0.120. The van der Waals surface area contributed by atoms with E-state index in [1.165, 1.54) is 0 Å². The van der Waals surface area contributed by atoms with E-state index in [-0.39, 0.29) is 12.7 Å². The van der Waals surface area contributed by atoms with E-state index in [9.17, 15) is 5.11 Å². The molecule has 3 heteroatoms. The van der Waals surface area contributed by atoms with Gasteiger partial charge in [-0.2, -0.15) is 0 Å². The molecule has 2 atom stereocenters. The van der Waals surface area contributed by atoms with Gasteiger partial charge in [0.2, 0.25) is 0 Å². The fraction of sp³-hybridized carbons (Fsp3) is 1.00. The average molecular weight is 159 g/mol. The lowest BCUT2D eigenvalue weighted by molar-refractivity contribution is 0.0216. The van der Waals surface area contributed by atoms with Crippen molar-refractivity contribution in [3.05, 3.63) is 0 Å². The number of likely N-dealkylation sites (tertiary alicyclic amines) is 1. The number of nitrogens with zero attached hydrogens (tertiary/aromatic N) is 1. The molecular weight excluding hydrogens is 142 g/mol. The summed E-state index contributed by atoms with van der Waals surface area (Å²) in [4.78, 5) is 2.12. The molecule has 66 valence electrons. The van der Waals surface area contributed by atoms with Crippen molar-refractivity contribution in [2.45, 2.75) is 18.9 Å². The second-order valence-electron chi connectivity index (χ2n) is 3.39. The molecule has 0 saturated carbocycles. The first-order valence-corrected chi connectivity index (χ1v) is 4.21. The van der Waals surface area contributed by atoms with Crippen molar-refractivity contribution in [2.75, 3.05) is 26.7 Å². The van der Waals surface area contributed by atoms with Gasteiger partial charge in [-0.1, -0.05) is 0 Å². The average Bonchev–Trinajstić information content (AvgIpc) is 1.95. The van der Waals surface area contributed by atoms with Crippen LogP contribution in [0.25, 0.3) is 0 Å². The van der Waals surface area contributed by atoms with Crippen LogP contribution in [0.1, 0.15) is 12.8 Å². The molecule has 0 radical (unpaired) electrons. The lowest BCUT2D eigenvalue weighted by Gasteiger charge is -2.33. The third-order valence-corrected chi connectivity index (χ3v) is 2.42. The van der Waals surface area contributed by atoms with E-state index in [0.29, 0.717) is 5.92 Å². The first-order chi connectivity index (χ1) is 5.24. The van der Waals surface area contributed by atoms with Crippen molar-refractivity contribution in [3.63, 3.8) is 0 Å². The van der Waals surface area contributed by atoms with E-state index < -0.39 is 0 Å². The lowest BCUT2D eigenvalue weighted by atomic mass is 9.91. The van der Waals surface area contributed by atoms with Gasteiger partial charge < -0.3 is 15.1 Å². The largest absolute Gasteiger partial charge is 0.396 e. The summed E-state index contributed by atoms with van der Waals surface area (Å²) in [7, 11) is 2.01. The molecule has 1 aliphatic heterocycles. The first-order valence-electron chi connectivity index (χ1n) is 4.21. The van der Waals surface area contributed by atoms with E-state index in [2.05, 4.69) is 4.90 Å². The molecule has 0 amide bonds. The highest BCUT2D eigenvalue weighted by Crippen LogP contribution is 2.19. The standard InChI is InChI=1S/C8H17NO2/c1-9-4-2-7(3-5-10)8(11)6-9/h7-8,10-11H,2-6H2,1H3. The molecular formula is C8H17NO2. The lowest BCUT2D eigenvalue weighted by Crippen LogP contribution is -2.41. The van der Waals surface area contributed by atoms with Crippen LogP contribution in [0.15, 0.2) is 0 Å². The molecule has 0 bridgehead atoms. The van der Waals surface area contributed by atoms with E-state index in [1.807, 2.05) is 7.05 Å². The van der Waals surface area contributed by atoms with Crippen molar-refractivity contribution < 1.29 is 10.2 Å². The normalized spacial score (nSPS) is 34.1. The molecule has 0 spiro atoms. The van der Waals surface area contributed by atoms with Gasteiger partial charge >= 0.3 is 0 Å². The van der Waals surface area contributed by atoms with Gasteiger partial charge in [0.05, 0.1) is 6.10 Å². The van der Waals surface area contributed by atoms with Gasteiger partial charge in [-0.15, -0.1) is 0 Å². The van der Waals surface area contributed by atoms with Crippen molar-refractivity contribution >= 4 is 0 Å². The summed E-state index contributed by atoms with van der Waals surface area (Å²) in [6.07, 6.45) is 1.52. The third-order valence-electron chi connectivity index (χ3n) is 2.42. The van der Waals surface area contributed by atoms with Crippen molar-refractivity contribution in [3.8, 4) is 0 Å². The third kappa shape index (κ3) is 2.43. The number of aliphatic hydroxyl groups excluding tert-OH is 2. The van der Waals surface area contributed by atoms with Crippen molar-refractivity contribution in [2.24, 2.45) is 5.92 Å². The Kier molecular flexibility index (Phi) is 3.30. The zero-order chi connectivity index (χ0) is 8.27. The van der Waals surface area contributed by atoms with Crippen LogP contribution in [0.2, 0.25) is 0 Å². The first kappa shape index (κ1) is 8.97. The zero-order valence-corrected chi connectivity index (χ0v) is 7.03. The Morgan fingerprint density at radius 1 is 1.55 bits per heavy atom. The van der Waals surface area contributed by atoms with E-state index in [4.69, 9.17) is 5.11 Å². The van der Waals surface area contributed by atoms with E-state index in [0.717, 1.165) is 25.9 Å². The summed E-state index contributed by atoms with van der Waals surface area (Å²) in [5.74, 6) is 0.316. The number of piperidine rings is 1. The minimum atomic E-state index is -0.235. The van der Waals surface area contributed by atoms with Crippen LogP contribution in [-0.4, -0.2) is 48.0 Å². The Morgan fingerprint density at radius 2 is 2.27 bits per heavy atom. The number of hydrogen-bond donors (Lipinski definition) is 2. The summed E-state index contributed by atoms with van der Waals surface area (Å²) in [5.41, 5.74) is 0. The topological polar surface area (TPSA) is 43.7 Å². The number of aliphatic hydroxyl groups is 2. The molecule has 3 nitrogen and oxygen atoms in total. The van der Waals surface area contributed by atoms with Crippen LogP contribution in [0.3, 0.4) is 0 Å². The second-order valence-corrected chi connectivity index (χ2v) is 3.39. The Labute approximate surface area is 67.6 Å². The molecule has 0 aromatic heterocycles. The highest BCUT2D eigenvalue weighted by Gasteiger charge is 2.24. The minimum absolute atomic E-state index is 0.200. The minimum Gasteiger partial charge on any atom is -0.396 e. The molecule has 1 heterocycles. The number of likely N-dealkylation sites (N-methyl/N-ethyl adjacent to an activating group) is 1. The Bertz CT molecular complexity index is 119. The summed E-state index contributed by atoms with van der Waals surface area (Å²) in [5, 5.41) is 18.2. The van der Waals surface area contributed by atoms with Gasteiger partial charge in [-0.3, -0.25) is 0 Å². The zero-order valence-electron chi connectivity index (χ0n) is 7.03. The number of hydrogen-bond acceptors (Lipinski definition) is 3. The van der Waals surface area contributed by atoms with Gasteiger partial charge in [0.25, 0.3) is 0 Å². The molecule has 11 heavy (non-hydrogen) atoms. The molecule has 0 aliphatic carbocycles. The maximum atomic E-state index is 9.52. The monoisotopic (exact) mass is 159 g/mol. The molecule has 2 N–H and O–H groups in total. The number of rotatable bonds is 2. The van der Waals surface area contributed by atoms with Gasteiger partial charge in [-0.25, -0.2) is 0 Å². The quantitative estimate of drug-likeness (QED) is 0.580. The van der Waals surface area contributed by atoms with Crippen molar-refractivity contribution in [1.29, 1.82) is 0 Å². The SMILES string of the molecule is CN1CCC(CCO)C(O)C1. The van der Waals surface area contributed by atoms with Gasteiger partial charge in [0, 0.05) is 13.2 Å². The molecule has 2 unspecified atom stereocenters. The highest BCUT2D eigenvalue weighted by molar-refractivity contribution is 4.77. The summed E-state index contributed by atoms with van der Waals surface area (Å²) >= 11 is 0. The van der Waals surface area contributed by atoms with Gasteiger partial charge in [0.1, 0.15) is 0 Å². The van der Waals surface area contributed by atoms with E-state index in [1.54, 1.807) is 0 Å². The Balaban J connectivity index is 2.31. The van der Waals surface area contributed by atoms with Crippen LogP contribution < -0.4 is 0 Å². The van der Waals surface area contributed by atoms with E-state index >= 15 is 0 Å². The summed E-state index contributed by atoms with van der Waals surface area (Å²) in [6, 6.07) is 0. The van der Waals surface area contributed by atoms with Crippen LogP contribution in [0.4, 0.5) is 0 Å². The second kappa shape index (κ2) is 4.04. The van der Waals surface area contributed by atoms with Gasteiger partial charge in [-0.05, 0) is 32.4 Å². The molecule has 0 aromatic carbocycles. The molecule has 1 aliphatic rings. The van der Waals surface area contributed by atoms with Crippen LogP contribution >= 0.6 is 0 Å². The van der Waals surface area contributed by atoms with Crippen LogP contribution in [-0.2, 0) is 0 Å². The fourth-order valence-electron chi connectivity index (χ4n) is 1.64. The maximum absolute atomic E-state index is 9.52. The van der Waals surface area contributed by atoms with Crippen LogP contribution in [0, 0.1) is 5.92 Å². The predicted molar refractivity (Wildman–Crippen MR) is 43.3 cm³/mol. The number of β-amino-alcohol motifs (C(OH)–C–C–N with tert-alkyl or cyclic N) is 1. The smallest absolute Gasteiger partial charge is 0.0696 e. The van der Waals surface area contributed by atoms with Crippen LogP contribution in [0.5, 0.6) is 0 Å². The maximum Gasteiger partial charge on any atom is 0.0696 e. The summed E-state index contributed by atoms with van der Waals surface area (Å²) in [6.45, 7) is 2.00. The summed E-state index contributed by atoms with van der Waals surface area (Å²) < 4.78 is 0. The molecule has 1 fully saturated rings. The molecule has 1 rings (SSSR count).